The number of para-hydroxylation sites is 2. The average molecular weight is 370 g/mol. The van der Waals surface area contributed by atoms with Gasteiger partial charge in [0, 0.05) is 45.7 Å². The van der Waals surface area contributed by atoms with Crippen LogP contribution >= 0.6 is 11.7 Å². The monoisotopic (exact) mass is 370 g/mol. The number of aromatic nitrogens is 4. The number of nitrogens with zero attached hydrogens (tertiary/aromatic N) is 4. The van der Waals surface area contributed by atoms with E-state index in [0.29, 0.717) is 0 Å². The maximum Gasteiger partial charge on any atom is 0.115 e. The molecule has 6 aromatic rings. The molecule has 0 aliphatic carbocycles. The molecule has 3 aromatic carbocycles. The molecule has 0 saturated heterocycles. The molecule has 0 saturated carbocycles. The van der Waals surface area contributed by atoms with Gasteiger partial charge in [0.05, 0.1) is 22.8 Å². The maximum absolute atomic E-state index is 4.74. The second-order valence-electron chi connectivity index (χ2n) is 6.93. The van der Waals surface area contributed by atoms with Crippen molar-refractivity contribution in [2.24, 2.45) is 0 Å². The van der Waals surface area contributed by atoms with Gasteiger partial charge in [-0.1, -0.05) is 36.4 Å². The highest BCUT2D eigenvalue weighted by molar-refractivity contribution is 7.00. The van der Waals surface area contributed by atoms with E-state index in [1.54, 1.807) is 0 Å². The first kappa shape index (κ1) is 15.2. The molecular formula is C22H18N4S. The van der Waals surface area contributed by atoms with Crippen molar-refractivity contribution < 1.29 is 0 Å². The van der Waals surface area contributed by atoms with Gasteiger partial charge < -0.3 is 9.13 Å². The number of rotatable bonds is 2. The van der Waals surface area contributed by atoms with Crippen molar-refractivity contribution in [2.75, 3.05) is 0 Å². The summed E-state index contributed by atoms with van der Waals surface area (Å²) in [5, 5.41) is 5.01. The van der Waals surface area contributed by atoms with E-state index in [1.807, 2.05) is 0 Å². The molecule has 0 bridgehead atoms. The minimum atomic E-state index is 0.924. The molecule has 132 valence electrons. The molecule has 0 unspecified atom stereocenters. The fraction of sp³-hybridized carbons (Fsp3) is 0.182. The Kier molecular flexibility index (Phi) is 2.98. The topological polar surface area (TPSA) is 35.6 Å². The number of aryl methyl sites for hydroxylation is 2. The van der Waals surface area contributed by atoms with Crippen molar-refractivity contribution >= 4 is 66.4 Å². The highest BCUT2D eigenvalue weighted by atomic mass is 32.1. The lowest BCUT2D eigenvalue weighted by Crippen LogP contribution is -1.99. The summed E-state index contributed by atoms with van der Waals surface area (Å²) in [6, 6.07) is 17.3. The molecule has 3 aromatic heterocycles. The summed E-state index contributed by atoms with van der Waals surface area (Å²) in [6.07, 6.45) is 0. The molecule has 0 amide bonds. The first-order chi connectivity index (χ1) is 13.3. The summed E-state index contributed by atoms with van der Waals surface area (Å²) in [5.74, 6) is 0. The molecule has 0 atom stereocenters. The fourth-order valence-corrected chi connectivity index (χ4v) is 5.31. The molecule has 27 heavy (non-hydrogen) atoms. The summed E-state index contributed by atoms with van der Waals surface area (Å²) in [5.41, 5.74) is 7.17. The van der Waals surface area contributed by atoms with Gasteiger partial charge in [-0.25, -0.2) is 0 Å². The number of hydrogen-bond acceptors (Lipinski definition) is 3. The molecule has 0 radical (unpaired) electrons. The molecule has 0 aliphatic rings. The second-order valence-corrected chi connectivity index (χ2v) is 7.46. The third-order valence-corrected chi connectivity index (χ3v) is 6.29. The van der Waals surface area contributed by atoms with E-state index in [1.165, 1.54) is 55.3 Å². The summed E-state index contributed by atoms with van der Waals surface area (Å²) >= 11 is 1.31. The van der Waals surface area contributed by atoms with Crippen LogP contribution in [0, 0.1) is 0 Å². The standard InChI is InChI=1S/C22H18N4S/c1-3-25-15-11-7-5-9-13(15)17-19-20(24-27-23-19)18-14-10-6-8-12-16(14)26(4-2)22(18)21(17)25/h5-12H,3-4H2,1-2H3. The predicted molar refractivity (Wildman–Crippen MR) is 115 cm³/mol. The van der Waals surface area contributed by atoms with E-state index in [2.05, 4.69) is 71.5 Å². The summed E-state index contributed by atoms with van der Waals surface area (Å²) in [7, 11) is 0. The van der Waals surface area contributed by atoms with Crippen molar-refractivity contribution in [3.8, 4) is 0 Å². The normalized spacial score (nSPS) is 12.4. The predicted octanol–water partition coefficient (Wildman–Crippen LogP) is 5.95. The van der Waals surface area contributed by atoms with E-state index >= 15 is 0 Å². The Hall–Kier alpha value is -2.92. The average Bonchev–Trinajstić information content (AvgIpc) is 3.39. The van der Waals surface area contributed by atoms with Gasteiger partial charge in [-0.2, -0.15) is 8.75 Å². The van der Waals surface area contributed by atoms with E-state index < -0.39 is 0 Å². The summed E-state index contributed by atoms with van der Waals surface area (Å²) in [4.78, 5) is 0. The van der Waals surface area contributed by atoms with Gasteiger partial charge in [-0.05, 0) is 26.0 Å². The first-order valence-corrected chi connectivity index (χ1v) is 10.1. The Morgan fingerprint density at radius 3 is 1.59 bits per heavy atom. The lowest BCUT2D eigenvalue weighted by molar-refractivity contribution is 0.808. The van der Waals surface area contributed by atoms with Gasteiger partial charge in [0.2, 0.25) is 0 Å². The molecule has 0 N–H and O–H groups in total. The van der Waals surface area contributed by atoms with Gasteiger partial charge in [-0.15, -0.1) is 0 Å². The lowest BCUT2D eigenvalue weighted by atomic mass is 10.1. The zero-order valence-corrected chi connectivity index (χ0v) is 16.0. The molecule has 0 aliphatic heterocycles. The smallest absolute Gasteiger partial charge is 0.115 e. The van der Waals surface area contributed by atoms with E-state index in [9.17, 15) is 0 Å². The first-order valence-electron chi connectivity index (χ1n) is 9.41. The lowest BCUT2D eigenvalue weighted by Gasteiger charge is -2.09. The molecule has 5 heteroatoms. The van der Waals surface area contributed by atoms with Gasteiger partial charge in [0.25, 0.3) is 0 Å². The van der Waals surface area contributed by atoms with Crippen LogP contribution < -0.4 is 0 Å². The summed E-state index contributed by atoms with van der Waals surface area (Å²) in [6.45, 7) is 6.29. The zero-order valence-electron chi connectivity index (χ0n) is 15.2. The Labute approximate surface area is 159 Å². The Bertz CT molecular complexity index is 1390. The molecule has 3 heterocycles. The quantitative estimate of drug-likeness (QED) is 0.378. The Balaban J connectivity index is 2.10. The molecule has 0 fully saturated rings. The van der Waals surface area contributed by atoms with Crippen LogP contribution in [0.3, 0.4) is 0 Å². The number of hydrogen-bond donors (Lipinski definition) is 0. The van der Waals surface area contributed by atoms with Crippen LogP contribution in [0.5, 0.6) is 0 Å². The molecule has 6 rings (SSSR count). The molecular weight excluding hydrogens is 352 g/mol. The van der Waals surface area contributed by atoms with Gasteiger partial charge in [-0.3, -0.25) is 0 Å². The van der Waals surface area contributed by atoms with Crippen LogP contribution in [0.1, 0.15) is 13.8 Å². The third kappa shape index (κ3) is 1.73. The van der Waals surface area contributed by atoms with Gasteiger partial charge in [0.1, 0.15) is 11.0 Å². The van der Waals surface area contributed by atoms with Crippen molar-refractivity contribution in [1.82, 2.24) is 17.9 Å². The minimum absolute atomic E-state index is 0.924. The Morgan fingerprint density at radius 1 is 0.704 bits per heavy atom. The van der Waals surface area contributed by atoms with E-state index in [-0.39, 0.29) is 0 Å². The van der Waals surface area contributed by atoms with Crippen molar-refractivity contribution in [1.29, 1.82) is 0 Å². The van der Waals surface area contributed by atoms with Crippen LogP contribution in [0.15, 0.2) is 48.5 Å². The maximum atomic E-state index is 4.74. The largest absolute Gasteiger partial charge is 0.339 e. The highest BCUT2D eigenvalue weighted by Crippen LogP contribution is 2.43. The van der Waals surface area contributed by atoms with Crippen LogP contribution in [0.2, 0.25) is 0 Å². The van der Waals surface area contributed by atoms with Gasteiger partial charge in [0.15, 0.2) is 0 Å². The SMILES string of the molecule is CCn1c2ccccc2c2c3nsnc3c3c4ccccc4n(CC)c3c21. The fourth-order valence-electron chi connectivity index (χ4n) is 4.75. The van der Waals surface area contributed by atoms with Crippen LogP contribution in [0.4, 0.5) is 0 Å². The van der Waals surface area contributed by atoms with Crippen LogP contribution in [0.25, 0.3) is 54.6 Å². The van der Waals surface area contributed by atoms with Crippen molar-refractivity contribution in [3.05, 3.63) is 48.5 Å². The second kappa shape index (κ2) is 5.30. The number of benzene rings is 3. The Morgan fingerprint density at radius 2 is 1.15 bits per heavy atom. The zero-order chi connectivity index (χ0) is 18.1. The van der Waals surface area contributed by atoms with Crippen molar-refractivity contribution in [3.63, 3.8) is 0 Å². The highest BCUT2D eigenvalue weighted by Gasteiger charge is 2.24. The summed E-state index contributed by atoms with van der Waals surface area (Å²) < 4.78 is 14.4. The number of fused-ring (bicyclic) bond motifs is 10. The van der Waals surface area contributed by atoms with E-state index in [4.69, 9.17) is 8.75 Å². The van der Waals surface area contributed by atoms with E-state index in [0.717, 1.165) is 24.1 Å². The van der Waals surface area contributed by atoms with Crippen LogP contribution in [-0.2, 0) is 13.1 Å². The van der Waals surface area contributed by atoms with Gasteiger partial charge >= 0.3 is 0 Å². The molecule has 4 nitrogen and oxygen atoms in total. The minimum Gasteiger partial charge on any atom is -0.339 e. The molecule has 0 spiro atoms. The van der Waals surface area contributed by atoms with Crippen LogP contribution in [-0.4, -0.2) is 17.9 Å². The third-order valence-electron chi connectivity index (χ3n) is 5.76. The van der Waals surface area contributed by atoms with Crippen molar-refractivity contribution in [2.45, 2.75) is 26.9 Å².